The van der Waals surface area contributed by atoms with Gasteiger partial charge in [-0.15, -0.1) is 0 Å². The minimum absolute atomic E-state index is 0.0135. The number of aryl methyl sites for hydroxylation is 1. The minimum atomic E-state index is -0.519. The molecule has 7 nitrogen and oxygen atoms in total. The van der Waals surface area contributed by atoms with Gasteiger partial charge in [0.25, 0.3) is 5.56 Å². The maximum Gasteiger partial charge on any atom is 0.264 e. The fraction of sp³-hybridized carbons (Fsp3) is 0.250. The Bertz CT molecular complexity index is 957. The summed E-state index contributed by atoms with van der Waals surface area (Å²) in [5, 5.41) is 21.0. The van der Waals surface area contributed by atoms with Gasteiger partial charge in [-0.25, -0.2) is 0 Å². The number of thiocyanates is 1. The van der Waals surface area contributed by atoms with Crippen LogP contribution in [0.3, 0.4) is 0 Å². The highest BCUT2D eigenvalue weighted by Gasteiger charge is 2.11. The number of benzene rings is 1. The van der Waals surface area contributed by atoms with Crippen LogP contribution in [0.25, 0.3) is 0 Å². The topological polar surface area (TPSA) is 103 Å². The Morgan fingerprint density at radius 1 is 1.56 bits per heavy atom. The number of hydrogen-bond acceptors (Lipinski definition) is 7. The molecule has 0 saturated carbocycles. The van der Waals surface area contributed by atoms with Gasteiger partial charge in [0.05, 0.1) is 18.8 Å². The average Bonchev–Trinajstić information content (AvgIpc) is 2.56. The van der Waals surface area contributed by atoms with Crippen molar-refractivity contribution in [2.75, 3.05) is 13.7 Å². The third kappa shape index (κ3) is 4.57. The lowest BCUT2D eigenvalue weighted by Crippen LogP contribution is -2.20. The lowest BCUT2D eigenvalue weighted by atomic mass is 10.2. The van der Waals surface area contributed by atoms with Crippen LogP contribution >= 0.6 is 24.0 Å². The molecule has 0 fully saturated rings. The zero-order valence-corrected chi connectivity index (χ0v) is 15.3. The Morgan fingerprint density at radius 3 is 2.96 bits per heavy atom. The fourth-order valence-corrected chi connectivity index (χ4v) is 2.85. The molecule has 0 atom stereocenters. The van der Waals surface area contributed by atoms with E-state index in [9.17, 15) is 9.90 Å². The Morgan fingerprint density at radius 2 is 2.32 bits per heavy atom. The van der Waals surface area contributed by atoms with Crippen LogP contribution in [0.4, 0.5) is 5.69 Å². The summed E-state index contributed by atoms with van der Waals surface area (Å²) < 4.78 is 6.47. The van der Waals surface area contributed by atoms with E-state index in [0.29, 0.717) is 18.8 Å². The van der Waals surface area contributed by atoms with E-state index in [1.807, 2.05) is 18.4 Å². The van der Waals surface area contributed by atoms with E-state index in [0.717, 1.165) is 22.2 Å². The number of nitrogens with one attached hydrogen (secondary N) is 1. The van der Waals surface area contributed by atoms with Crippen molar-refractivity contribution in [3.63, 3.8) is 0 Å². The van der Waals surface area contributed by atoms with Gasteiger partial charge in [0.1, 0.15) is 11.0 Å². The largest absolute Gasteiger partial charge is 0.494 e. The van der Waals surface area contributed by atoms with Crippen molar-refractivity contribution in [3.8, 4) is 11.3 Å². The number of nitriles is 1. The second-order valence-electron chi connectivity index (χ2n) is 5.04. The quantitative estimate of drug-likeness (QED) is 0.348. The van der Waals surface area contributed by atoms with Crippen molar-refractivity contribution in [2.24, 2.45) is 4.99 Å². The molecule has 0 saturated heterocycles. The molecule has 0 bridgehead atoms. The Labute approximate surface area is 153 Å². The lowest BCUT2D eigenvalue weighted by Gasteiger charge is -2.10. The van der Waals surface area contributed by atoms with Crippen molar-refractivity contribution in [3.05, 3.63) is 44.5 Å². The summed E-state index contributed by atoms with van der Waals surface area (Å²) in [5.41, 5.74) is 0.973. The SMILES string of the molecule is COCCn1c(O)c(C=Nc2ccc(SC#N)cc2C)c(=O)[nH]c1=S. The number of methoxy groups -OCH3 is 1. The molecule has 1 aromatic heterocycles. The van der Waals surface area contributed by atoms with Gasteiger partial charge in [-0.2, -0.15) is 5.26 Å². The second-order valence-corrected chi connectivity index (χ2v) is 6.29. The second kappa shape index (κ2) is 8.62. The number of aliphatic imine (C=N–C) groups is 1. The first-order chi connectivity index (χ1) is 12.0. The number of ether oxygens (including phenoxy) is 1. The molecule has 2 aromatic rings. The highest BCUT2D eigenvalue weighted by atomic mass is 32.2. The zero-order valence-electron chi connectivity index (χ0n) is 13.6. The van der Waals surface area contributed by atoms with Crippen LogP contribution in [0, 0.1) is 22.4 Å². The molecule has 9 heteroatoms. The maximum atomic E-state index is 12.1. The van der Waals surface area contributed by atoms with Crippen molar-refractivity contribution < 1.29 is 9.84 Å². The van der Waals surface area contributed by atoms with E-state index >= 15 is 0 Å². The number of rotatable bonds is 6. The van der Waals surface area contributed by atoms with Gasteiger partial charge in [0.2, 0.25) is 5.88 Å². The van der Waals surface area contributed by atoms with E-state index < -0.39 is 5.56 Å². The standard InChI is InChI=1S/C16H16N4O3S2/c1-10-7-11(25-9-17)3-4-13(10)18-8-12-14(21)19-16(24)20(15(12)22)5-6-23-2/h3-4,7-8,22H,5-6H2,1-2H3,(H,19,21,24). The van der Waals surface area contributed by atoms with Gasteiger partial charge in [0, 0.05) is 18.2 Å². The van der Waals surface area contributed by atoms with E-state index in [1.165, 1.54) is 17.9 Å². The molecule has 130 valence electrons. The molecule has 2 N–H and O–H groups in total. The Balaban J connectivity index is 2.40. The summed E-state index contributed by atoms with van der Waals surface area (Å²) in [4.78, 5) is 19.7. The van der Waals surface area contributed by atoms with Crippen LogP contribution in [0.2, 0.25) is 0 Å². The summed E-state index contributed by atoms with van der Waals surface area (Å²) in [6.07, 6.45) is 1.30. The van der Waals surface area contributed by atoms with Gasteiger partial charge in [-0.3, -0.25) is 19.3 Å². The van der Waals surface area contributed by atoms with Crippen LogP contribution < -0.4 is 5.56 Å². The van der Waals surface area contributed by atoms with Crippen LogP contribution in [-0.4, -0.2) is 34.6 Å². The van der Waals surface area contributed by atoms with Crippen LogP contribution in [0.5, 0.6) is 5.88 Å². The predicted octanol–water partition coefficient (Wildman–Crippen LogP) is 2.89. The predicted molar refractivity (Wildman–Crippen MR) is 99.3 cm³/mol. The van der Waals surface area contributed by atoms with Gasteiger partial charge in [0.15, 0.2) is 4.77 Å². The molecule has 0 unspecified atom stereocenters. The number of hydrogen-bond donors (Lipinski definition) is 2. The summed E-state index contributed by atoms with van der Waals surface area (Å²) in [5.74, 6) is -0.260. The molecule has 0 aliphatic rings. The first-order valence-electron chi connectivity index (χ1n) is 7.23. The smallest absolute Gasteiger partial charge is 0.264 e. The summed E-state index contributed by atoms with van der Waals surface area (Å²) >= 11 is 6.12. The zero-order chi connectivity index (χ0) is 18.4. The molecule has 2 rings (SSSR count). The van der Waals surface area contributed by atoms with Gasteiger partial charge < -0.3 is 9.84 Å². The normalized spacial score (nSPS) is 10.9. The molecule has 0 aliphatic carbocycles. The summed E-state index contributed by atoms with van der Waals surface area (Å²) in [6.45, 7) is 2.49. The minimum Gasteiger partial charge on any atom is -0.494 e. The van der Waals surface area contributed by atoms with E-state index in [-0.39, 0.29) is 16.2 Å². The fourth-order valence-electron chi connectivity index (χ4n) is 2.10. The molecule has 0 spiro atoms. The van der Waals surface area contributed by atoms with Crippen LogP contribution in [0.1, 0.15) is 11.1 Å². The lowest BCUT2D eigenvalue weighted by molar-refractivity contribution is 0.182. The van der Waals surface area contributed by atoms with Crippen molar-refractivity contribution in [1.82, 2.24) is 9.55 Å². The third-order valence-corrected chi connectivity index (χ3v) is 4.29. The molecule has 1 heterocycles. The number of nitrogens with zero attached hydrogens (tertiary/aromatic N) is 3. The first kappa shape index (κ1) is 18.9. The molecular weight excluding hydrogens is 360 g/mol. The number of H-pyrrole nitrogens is 1. The van der Waals surface area contributed by atoms with Crippen molar-refractivity contribution >= 4 is 35.9 Å². The van der Waals surface area contributed by atoms with E-state index in [2.05, 4.69) is 9.98 Å². The third-order valence-electron chi connectivity index (χ3n) is 3.39. The van der Waals surface area contributed by atoms with Crippen LogP contribution in [-0.2, 0) is 11.3 Å². The Hall–Kier alpha value is -2.41. The maximum absolute atomic E-state index is 12.1. The molecule has 25 heavy (non-hydrogen) atoms. The number of aromatic nitrogens is 2. The summed E-state index contributed by atoms with van der Waals surface area (Å²) in [7, 11) is 1.53. The van der Waals surface area contributed by atoms with E-state index in [4.69, 9.17) is 22.2 Å². The average molecular weight is 376 g/mol. The van der Waals surface area contributed by atoms with Crippen LogP contribution in [0.15, 0.2) is 32.9 Å². The van der Waals surface area contributed by atoms with Crippen molar-refractivity contribution in [1.29, 1.82) is 5.26 Å². The highest BCUT2D eigenvalue weighted by molar-refractivity contribution is 8.03. The number of aromatic hydroxyl groups is 1. The van der Waals surface area contributed by atoms with Gasteiger partial charge in [-0.05, 0) is 54.7 Å². The van der Waals surface area contributed by atoms with Crippen molar-refractivity contribution in [2.45, 2.75) is 18.4 Å². The molecule has 1 aromatic carbocycles. The Kier molecular flexibility index (Phi) is 6.52. The number of aromatic amines is 1. The molecular formula is C16H16N4O3S2. The monoisotopic (exact) mass is 376 g/mol. The first-order valence-corrected chi connectivity index (χ1v) is 8.46. The summed E-state index contributed by atoms with van der Waals surface area (Å²) in [6, 6.07) is 5.34. The highest BCUT2D eigenvalue weighted by Crippen LogP contribution is 2.25. The van der Waals surface area contributed by atoms with Gasteiger partial charge in [-0.1, -0.05) is 0 Å². The molecule has 0 radical (unpaired) electrons. The van der Waals surface area contributed by atoms with Gasteiger partial charge >= 0.3 is 0 Å². The number of thioether (sulfide) groups is 1. The van der Waals surface area contributed by atoms with E-state index in [1.54, 1.807) is 12.1 Å². The molecule has 0 amide bonds. The molecule has 0 aliphatic heterocycles.